The Labute approximate surface area is 129 Å². The molecule has 2 aromatic carbocycles. The van der Waals surface area contributed by atoms with Gasteiger partial charge in [-0.05, 0) is 24.3 Å². The summed E-state index contributed by atoms with van der Waals surface area (Å²) < 4.78 is 52.8. The van der Waals surface area contributed by atoms with Crippen LogP contribution in [0.4, 0.5) is 20.2 Å². The van der Waals surface area contributed by atoms with E-state index in [9.17, 15) is 17.2 Å². The van der Waals surface area contributed by atoms with Crippen molar-refractivity contribution in [1.29, 1.82) is 0 Å². The van der Waals surface area contributed by atoms with E-state index in [2.05, 4.69) is 0 Å². The van der Waals surface area contributed by atoms with Crippen molar-refractivity contribution in [3.63, 3.8) is 0 Å². The molecule has 21 heavy (non-hydrogen) atoms. The highest BCUT2D eigenvalue weighted by Crippen LogP contribution is 2.28. The van der Waals surface area contributed by atoms with E-state index in [0.29, 0.717) is 6.07 Å². The van der Waals surface area contributed by atoms with E-state index in [-0.39, 0.29) is 20.6 Å². The molecule has 9 heteroatoms. The fourth-order valence-electron chi connectivity index (χ4n) is 1.58. The quantitative estimate of drug-likeness (QED) is 0.828. The number of hydrogen-bond acceptors (Lipinski definition) is 3. The van der Waals surface area contributed by atoms with Gasteiger partial charge in [-0.2, -0.15) is 0 Å². The van der Waals surface area contributed by atoms with Crippen molar-refractivity contribution in [2.24, 2.45) is 0 Å². The zero-order valence-electron chi connectivity index (χ0n) is 10.2. The molecule has 2 aromatic rings. The average molecular weight is 353 g/mol. The van der Waals surface area contributed by atoms with Gasteiger partial charge in [0.1, 0.15) is 11.5 Å². The summed E-state index contributed by atoms with van der Waals surface area (Å²) in [7, 11) is -4.18. The number of rotatable bonds is 3. The van der Waals surface area contributed by atoms with Crippen LogP contribution in [-0.4, -0.2) is 8.42 Å². The number of anilines is 2. The minimum Gasteiger partial charge on any atom is -0.397 e. The molecule has 0 heterocycles. The molecule has 0 bridgehead atoms. The molecule has 0 atom stereocenters. The van der Waals surface area contributed by atoms with Crippen molar-refractivity contribution in [2.75, 3.05) is 10.5 Å². The van der Waals surface area contributed by atoms with Crippen molar-refractivity contribution < 1.29 is 17.2 Å². The molecule has 2 rings (SSSR count). The number of hydrogen-bond donors (Lipinski definition) is 2. The first-order chi connectivity index (χ1) is 9.69. The number of halogens is 4. The molecule has 112 valence electrons. The molecule has 0 fully saturated rings. The third-order valence-corrected chi connectivity index (χ3v) is 4.23. The lowest BCUT2D eigenvalue weighted by atomic mass is 10.2. The second-order valence-electron chi connectivity index (χ2n) is 4.06. The number of sulfonamides is 1. The molecule has 0 aliphatic heterocycles. The Morgan fingerprint density at radius 1 is 1.00 bits per heavy atom. The topological polar surface area (TPSA) is 72.2 Å². The summed E-state index contributed by atoms with van der Waals surface area (Å²) in [5.41, 5.74) is 4.47. The van der Waals surface area contributed by atoms with Gasteiger partial charge in [0.05, 0.1) is 10.6 Å². The highest BCUT2D eigenvalue weighted by molar-refractivity contribution is 7.92. The van der Waals surface area contributed by atoms with Crippen molar-refractivity contribution in [1.82, 2.24) is 0 Å². The third kappa shape index (κ3) is 3.55. The minimum atomic E-state index is -4.18. The summed E-state index contributed by atoms with van der Waals surface area (Å²) in [6, 6.07) is 4.92. The van der Waals surface area contributed by atoms with Crippen LogP contribution in [0.1, 0.15) is 0 Å². The predicted octanol–water partition coefficient (Wildman–Crippen LogP) is 3.65. The van der Waals surface area contributed by atoms with Crippen LogP contribution in [-0.2, 0) is 10.0 Å². The Balaban J connectivity index is 2.47. The maximum absolute atomic E-state index is 13.6. The second kappa shape index (κ2) is 5.67. The summed E-state index contributed by atoms with van der Waals surface area (Å²) in [6.07, 6.45) is 0. The molecule has 0 amide bonds. The summed E-state index contributed by atoms with van der Waals surface area (Å²) in [4.78, 5) is -0.275. The van der Waals surface area contributed by atoms with Crippen LogP contribution in [0, 0.1) is 11.6 Å². The number of nitrogens with two attached hydrogens (primary N) is 1. The van der Waals surface area contributed by atoms with Crippen LogP contribution in [0.15, 0.2) is 35.2 Å². The fraction of sp³-hybridized carbons (Fsp3) is 0. The molecule has 0 aliphatic carbocycles. The van der Waals surface area contributed by atoms with E-state index < -0.39 is 27.3 Å². The number of nitrogens with one attached hydrogen (secondary N) is 1. The van der Waals surface area contributed by atoms with Gasteiger partial charge in [0.15, 0.2) is 5.82 Å². The standard InChI is InChI=1S/C12H8Cl2F2N2O2S/c13-6-1-7(14)3-9(2-6)21(19,20)18-12-10(16)4-8(15)5-11(12)17/h1-5,18H,17H2. The molecule has 0 saturated heterocycles. The lowest BCUT2D eigenvalue weighted by molar-refractivity contribution is 0.583. The summed E-state index contributed by atoms with van der Waals surface area (Å²) in [5, 5.41) is 0.186. The van der Waals surface area contributed by atoms with Gasteiger partial charge in [-0.1, -0.05) is 23.2 Å². The van der Waals surface area contributed by atoms with Gasteiger partial charge in [-0.15, -0.1) is 0 Å². The van der Waals surface area contributed by atoms with E-state index in [0.717, 1.165) is 18.2 Å². The van der Waals surface area contributed by atoms with Gasteiger partial charge >= 0.3 is 0 Å². The minimum absolute atomic E-state index is 0.0930. The molecule has 0 aliphatic rings. The molecular weight excluding hydrogens is 345 g/mol. The van der Waals surface area contributed by atoms with Crippen molar-refractivity contribution in [3.8, 4) is 0 Å². The first-order valence-electron chi connectivity index (χ1n) is 5.42. The number of benzene rings is 2. The highest BCUT2D eigenvalue weighted by atomic mass is 35.5. The van der Waals surface area contributed by atoms with Crippen LogP contribution < -0.4 is 10.5 Å². The molecule has 0 unspecified atom stereocenters. The second-order valence-corrected chi connectivity index (χ2v) is 6.62. The SMILES string of the molecule is Nc1cc(F)cc(F)c1NS(=O)(=O)c1cc(Cl)cc(Cl)c1. The Bertz CT molecular complexity index is 770. The van der Waals surface area contributed by atoms with Gasteiger partial charge < -0.3 is 5.73 Å². The fourth-order valence-corrected chi connectivity index (χ4v) is 3.40. The lowest BCUT2D eigenvalue weighted by Crippen LogP contribution is -2.15. The smallest absolute Gasteiger partial charge is 0.262 e. The van der Waals surface area contributed by atoms with Crippen molar-refractivity contribution >= 4 is 44.6 Å². The molecule has 0 aromatic heterocycles. The molecule has 0 saturated carbocycles. The van der Waals surface area contributed by atoms with Gasteiger partial charge in [0.25, 0.3) is 10.0 Å². The zero-order chi connectivity index (χ0) is 15.8. The molecule has 4 nitrogen and oxygen atoms in total. The van der Waals surface area contributed by atoms with Crippen LogP contribution in [0.3, 0.4) is 0 Å². The average Bonchev–Trinajstić information content (AvgIpc) is 2.32. The summed E-state index contributed by atoms with van der Waals surface area (Å²) in [5.74, 6) is -2.05. The summed E-state index contributed by atoms with van der Waals surface area (Å²) >= 11 is 11.4. The zero-order valence-corrected chi connectivity index (χ0v) is 12.5. The van der Waals surface area contributed by atoms with Gasteiger partial charge in [-0.3, -0.25) is 4.72 Å². The lowest BCUT2D eigenvalue weighted by Gasteiger charge is -2.12. The maximum Gasteiger partial charge on any atom is 0.262 e. The highest BCUT2D eigenvalue weighted by Gasteiger charge is 2.20. The van der Waals surface area contributed by atoms with Crippen LogP contribution >= 0.6 is 23.2 Å². The van der Waals surface area contributed by atoms with Gasteiger partial charge in [-0.25, -0.2) is 17.2 Å². The van der Waals surface area contributed by atoms with E-state index in [1.807, 2.05) is 4.72 Å². The molecule has 3 N–H and O–H groups in total. The van der Waals surface area contributed by atoms with E-state index in [4.69, 9.17) is 28.9 Å². The molecular formula is C12H8Cl2F2N2O2S. The number of nitrogen functional groups attached to an aromatic ring is 1. The van der Waals surface area contributed by atoms with Gasteiger partial charge in [0, 0.05) is 16.1 Å². The monoisotopic (exact) mass is 352 g/mol. The predicted molar refractivity (Wildman–Crippen MR) is 78.0 cm³/mol. The first-order valence-corrected chi connectivity index (χ1v) is 7.66. The third-order valence-electron chi connectivity index (χ3n) is 2.47. The van der Waals surface area contributed by atoms with E-state index >= 15 is 0 Å². The van der Waals surface area contributed by atoms with Crippen LogP contribution in [0.2, 0.25) is 10.0 Å². The van der Waals surface area contributed by atoms with Crippen LogP contribution in [0.5, 0.6) is 0 Å². The Hall–Kier alpha value is -1.57. The van der Waals surface area contributed by atoms with Gasteiger partial charge in [0.2, 0.25) is 0 Å². The Morgan fingerprint density at radius 2 is 1.57 bits per heavy atom. The molecule has 0 radical (unpaired) electrons. The van der Waals surface area contributed by atoms with Crippen molar-refractivity contribution in [3.05, 3.63) is 52.0 Å². The maximum atomic E-state index is 13.6. The first kappa shape index (κ1) is 15.8. The van der Waals surface area contributed by atoms with E-state index in [1.54, 1.807) is 0 Å². The molecule has 0 spiro atoms. The van der Waals surface area contributed by atoms with Crippen molar-refractivity contribution in [2.45, 2.75) is 4.90 Å². The Morgan fingerprint density at radius 3 is 2.10 bits per heavy atom. The van der Waals surface area contributed by atoms with E-state index in [1.165, 1.54) is 6.07 Å². The normalized spacial score (nSPS) is 11.4. The Kier molecular flexibility index (Phi) is 4.27. The largest absolute Gasteiger partial charge is 0.397 e. The van der Waals surface area contributed by atoms with Crippen LogP contribution in [0.25, 0.3) is 0 Å². The summed E-state index contributed by atoms with van der Waals surface area (Å²) in [6.45, 7) is 0.